The second kappa shape index (κ2) is 12.8. The first-order valence-corrected chi connectivity index (χ1v) is 11.8. The number of sulfone groups is 1. The lowest BCUT2D eigenvalue weighted by Crippen LogP contribution is -2.38. The highest BCUT2D eigenvalue weighted by Crippen LogP contribution is 2.20. The van der Waals surface area contributed by atoms with Crippen molar-refractivity contribution in [3.63, 3.8) is 0 Å². The molecule has 0 aliphatic carbocycles. The van der Waals surface area contributed by atoms with E-state index < -0.39 is 27.7 Å². The van der Waals surface area contributed by atoms with E-state index in [9.17, 15) is 13.2 Å². The fourth-order valence-corrected chi connectivity index (χ4v) is 3.84. The minimum atomic E-state index is -3.76. The summed E-state index contributed by atoms with van der Waals surface area (Å²) in [6.07, 6.45) is 0. The largest absolute Gasteiger partial charge is 0.492 e. The summed E-state index contributed by atoms with van der Waals surface area (Å²) in [5.74, 6) is 5.27. The molecule has 2 aromatic carbocycles. The zero-order chi connectivity index (χ0) is 24.3. The predicted molar refractivity (Wildman–Crippen MR) is 124 cm³/mol. The lowest BCUT2D eigenvalue weighted by molar-refractivity contribution is -0.131. The lowest BCUT2D eigenvalue weighted by atomic mass is 10.1. The van der Waals surface area contributed by atoms with E-state index in [2.05, 4.69) is 17.2 Å². The van der Waals surface area contributed by atoms with Crippen LogP contribution in [0.3, 0.4) is 0 Å². The second-order valence-corrected chi connectivity index (χ2v) is 9.27. The summed E-state index contributed by atoms with van der Waals surface area (Å²) >= 11 is 0. The molecule has 10 heteroatoms. The van der Waals surface area contributed by atoms with Gasteiger partial charge in [-0.2, -0.15) is 0 Å². The molecule has 0 saturated heterocycles. The first-order valence-electron chi connectivity index (χ1n) is 10.2. The fourth-order valence-electron chi connectivity index (χ4n) is 2.74. The molecule has 178 valence electrons. The van der Waals surface area contributed by atoms with Crippen molar-refractivity contribution in [3.05, 3.63) is 54.1 Å². The Labute approximate surface area is 194 Å². The maximum atomic E-state index is 12.7. The highest BCUT2D eigenvalue weighted by atomic mass is 32.2. The Hall–Kier alpha value is -3.10. The Balaban J connectivity index is 2.06. The SMILES string of the molecule is CC#CCOc1ccc(S(=O)(=O)CNC(C(=O)NO)c2ccc(OCCN(C)C)cc2)cc1. The van der Waals surface area contributed by atoms with Crippen molar-refractivity contribution in [2.75, 3.05) is 39.7 Å². The van der Waals surface area contributed by atoms with E-state index in [1.807, 2.05) is 19.0 Å². The minimum Gasteiger partial charge on any atom is -0.492 e. The van der Waals surface area contributed by atoms with Gasteiger partial charge < -0.3 is 14.4 Å². The third-order valence-corrected chi connectivity index (χ3v) is 6.08. The molecule has 0 aliphatic rings. The highest BCUT2D eigenvalue weighted by Gasteiger charge is 2.23. The van der Waals surface area contributed by atoms with Gasteiger partial charge in [0.15, 0.2) is 9.84 Å². The average molecular weight is 476 g/mol. The number of nitrogens with zero attached hydrogens (tertiary/aromatic N) is 1. The number of hydroxylamine groups is 1. The van der Waals surface area contributed by atoms with Crippen molar-refractivity contribution in [3.8, 4) is 23.3 Å². The molecule has 1 amide bonds. The van der Waals surface area contributed by atoms with Gasteiger partial charge in [0.25, 0.3) is 5.91 Å². The quantitative estimate of drug-likeness (QED) is 0.241. The van der Waals surface area contributed by atoms with Crippen LogP contribution in [-0.2, 0) is 14.6 Å². The Morgan fingerprint density at radius 3 is 2.24 bits per heavy atom. The summed E-state index contributed by atoms with van der Waals surface area (Å²) in [4.78, 5) is 14.2. The summed E-state index contributed by atoms with van der Waals surface area (Å²) in [7, 11) is 0.118. The van der Waals surface area contributed by atoms with Gasteiger partial charge in [0, 0.05) is 6.54 Å². The minimum absolute atomic E-state index is 0.0664. The number of benzene rings is 2. The molecule has 1 unspecified atom stereocenters. The maximum absolute atomic E-state index is 12.7. The summed E-state index contributed by atoms with van der Waals surface area (Å²) in [5, 5.41) is 11.8. The number of carbonyl (C=O) groups excluding carboxylic acids is 1. The molecule has 2 rings (SSSR count). The van der Waals surface area contributed by atoms with Crippen molar-refractivity contribution in [1.29, 1.82) is 0 Å². The van der Waals surface area contributed by atoms with Gasteiger partial charge in [-0.1, -0.05) is 18.1 Å². The van der Waals surface area contributed by atoms with E-state index in [0.29, 0.717) is 23.7 Å². The third kappa shape index (κ3) is 8.40. The number of nitrogens with one attached hydrogen (secondary N) is 2. The van der Waals surface area contributed by atoms with E-state index in [1.165, 1.54) is 24.3 Å². The van der Waals surface area contributed by atoms with Crippen LogP contribution in [-0.4, -0.2) is 64.2 Å². The third-order valence-electron chi connectivity index (χ3n) is 4.54. The van der Waals surface area contributed by atoms with Gasteiger partial charge in [0.2, 0.25) is 0 Å². The van der Waals surface area contributed by atoms with Crippen molar-refractivity contribution in [2.45, 2.75) is 17.9 Å². The normalized spacial score (nSPS) is 11.9. The molecule has 0 radical (unpaired) electrons. The first kappa shape index (κ1) is 26.2. The van der Waals surface area contributed by atoms with Crippen LogP contribution in [0.1, 0.15) is 18.5 Å². The molecule has 0 saturated carbocycles. The van der Waals surface area contributed by atoms with Gasteiger partial charge in [-0.3, -0.25) is 15.3 Å². The number of amides is 1. The van der Waals surface area contributed by atoms with Crippen molar-refractivity contribution in [2.24, 2.45) is 0 Å². The van der Waals surface area contributed by atoms with Crippen LogP contribution >= 0.6 is 0 Å². The molecule has 0 aliphatic heterocycles. The van der Waals surface area contributed by atoms with Crippen LogP contribution < -0.4 is 20.3 Å². The highest BCUT2D eigenvalue weighted by molar-refractivity contribution is 7.91. The Morgan fingerprint density at radius 1 is 1.06 bits per heavy atom. The van der Waals surface area contributed by atoms with Gasteiger partial charge in [-0.25, -0.2) is 13.9 Å². The van der Waals surface area contributed by atoms with E-state index >= 15 is 0 Å². The Morgan fingerprint density at radius 2 is 1.67 bits per heavy atom. The summed E-state index contributed by atoms with van der Waals surface area (Å²) in [6, 6.07) is 11.5. The Bertz CT molecular complexity index is 1060. The Kier molecular flexibility index (Phi) is 10.2. The summed E-state index contributed by atoms with van der Waals surface area (Å²) < 4.78 is 36.5. The van der Waals surface area contributed by atoms with Crippen molar-refractivity contribution < 1.29 is 27.9 Å². The number of rotatable bonds is 12. The lowest BCUT2D eigenvalue weighted by Gasteiger charge is -2.18. The van der Waals surface area contributed by atoms with E-state index in [-0.39, 0.29) is 11.5 Å². The number of ether oxygens (including phenoxy) is 2. The molecule has 9 nitrogen and oxygen atoms in total. The number of carbonyl (C=O) groups is 1. The molecule has 2 aromatic rings. The van der Waals surface area contributed by atoms with E-state index in [0.717, 1.165) is 6.54 Å². The zero-order valence-electron chi connectivity index (χ0n) is 18.9. The smallest absolute Gasteiger partial charge is 0.265 e. The zero-order valence-corrected chi connectivity index (χ0v) is 19.7. The topological polar surface area (TPSA) is 117 Å². The molecular weight excluding hydrogens is 446 g/mol. The number of hydrogen-bond donors (Lipinski definition) is 3. The summed E-state index contributed by atoms with van der Waals surface area (Å²) in [6.45, 7) is 3.16. The molecule has 33 heavy (non-hydrogen) atoms. The summed E-state index contributed by atoms with van der Waals surface area (Å²) in [5.41, 5.74) is 2.04. The van der Waals surface area contributed by atoms with Crippen LogP contribution in [0.5, 0.6) is 11.5 Å². The molecule has 0 aromatic heterocycles. The van der Waals surface area contributed by atoms with Crippen LogP contribution in [0.25, 0.3) is 0 Å². The van der Waals surface area contributed by atoms with Gasteiger partial charge >= 0.3 is 0 Å². The monoisotopic (exact) mass is 475 g/mol. The molecule has 0 bridgehead atoms. The average Bonchev–Trinajstić information content (AvgIpc) is 2.80. The molecule has 0 heterocycles. The molecular formula is C23H29N3O6S. The van der Waals surface area contributed by atoms with Crippen LogP contribution in [0.2, 0.25) is 0 Å². The van der Waals surface area contributed by atoms with E-state index in [1.54, 1.807) is 36.7 Å². The van der Waals surface area contributed by atoms with Crippen LogP contribution in [0, 0.1) is 11.8 Å². The van der Waals surface area contributed by atoms with Gasteiger partial charge in [-0.15, -0.1) is 5.92 Å². The second-order valence-electron chi connectivity index (χ2n) is 7.28. The molecule has 0 spiro atoms. The molecule has 1 atom stereocenters. The van der Waals surface area contributed by atoms with Crippen LogP contribution in [0.4, 0.5) is 0 Å². The number of hydrogen-bond acceptors (Lipinski definition) is 8. The van der Waals surface area contributed by atoms with E-state index in [4.69, 9.17) is 14.7 Å². The predicted octanol–water partition coefficient (Wildman–Crippen LogP) is 1.60. The fraction of sp³-hybridized carbons (Fsp3) is 0.348. The van der Waals surface area contributed by atoms with Gasteiger partial charge in [-0.05, 0) is 63.0 Å². The van der Waals surface area contributed by atoms with Gasteiger partial charge in [0.05, 0.1) is 4.90 Å². The van der Waals surface area contributed by atoms with Gasteiger partial charge in [0.1, 0.15) is 36.6 Å². The van der Waals surface area contributed by atoms with Crippen molar-refractivity contribution in [1.82, 2.24) is 15.7 Å². The standard InChI is InChI=1S/C23H29N3O6S/c1-4-5-15-31-20-10-12-21(13-11-20)33(29,30)17-24-22(23(27)25-28)18-6-8-19(9-7-18)32-16-14-26(2)3/h6-13,22,24,28H,14-17H2,1-3H3,(H,25,27). The van der Waals surface area contributed by atoms with Crippen LogP contribution in [0.15, 0.2) is 53.4 Å². The first-order chi connectivity index (χ1) is 15.8. The van der Waals surface area contributed by atoms with Crippen molar-refractivity contribution >= 4 is 15.7 Å². The number of likely N-dealkylation sites (N-methyl/N-ethyl adjacent to an activating group) is 1. The molecule has 3 N–H and O–H groups in total. The molecule has 0 fully saturated rings. The maximum Gasteiger partial charge on any atom is 0.265 e.